The van der Waals surface area contributed by atoms with Gasteiger partial charge in [0.25, 0.3) is 0 Å². The predicted octanol–water partition coefficient (Wildman–Crippen LogP) is 1.62. The molecular weight excluding hydrogens is 235 g/mol. The maximum Gasteiger partial charge on any atom is 0.415 e. The van der Waals surface area contributed by atoms with Crippen LogP contribution in [-0.2, 0) is 0 Å². The van der Waals surface area contributed by atoms with Gasteiger partial charge in [-0.1, -0.05) is 0 Å². The second-order valence-electron chi connectivity index (χ2n) is 4.93. The molecule has 2 atom stereocenters. The highest BCUT2D eigenvalue weighted by Gasteiger charge is 2.35. The van der Waals surface area contributed by atoms with Gasteiger partial charge in [0.15, 0.2) is 0 Å². The van der Waals surface area contributed by atoms with Crippen molar-refractivity contribution in [2.45, 2.75) is 12.5 Å². The van der Waals surface area contributed by atoms with Gasteiger partial charge in [-0.2, -0.15) is 0 Å². The van der Waals surface area contributed by atoms with Crippen molar-refractivity contribution in [3.63, 3.8) is 0 Å². The second kappa shape index (κ2) is 4.57. The number of carbonyl (C=O) groups is 1. The molecule has 1 aromatic carbocycles. The van der Waals surface area contributed by atoms with Crippen molar-refractivity contribution in [1.82, 2.24) is 10.2 Å². The Bertz CT molecular complexity index is 437. The van der Waals surface area contributed by atoms with Gasteiger partial charge in [0.05, 0.1) is 0 Å². The number of nitrogens with zero attached hydrogens (tertiary/aromatic N) is 1. The fourth-order valence-corrected chi connectivity index (χ4v) is 2.65. The first kappa shape index (κ1) is 11.5. The number of halogens is 1. The molecular formula is C13H15FN2O2. The normalized spacial score (nSPS) is 26.2. The lowest BCUT2D eigenvalue weighted by molar-refractivity contribution is 0.132. The maximum absolute atomic E-state index is 12.7. The molecule has 0 aliphatic carbocycles. The number of carbonyl (C=O) groups excluding carboxylic acids is 1. The lowest BCUT2D eigenvalue weighted by atomic mass is 10.0. The molecule has 3 rings (SSSR count). The number of benzene rings is 1. The van der Waals surface area contributed by atoms with Crippen molar-refractivity contribution >= 4 is 6.09 Å². The third kappa shape index (κ3) is 2.31. The summed E-state index contributed by atoms with van der Waals surface area (Å²) in [6.07, 6.45) is 0.792. The van der Waals surface area contributed by atoms with Gasteiger partial charge in [-0.25, -0.2) is 9.18 Å². The summed E-state index contributed by atoms with van der Waals surface area (Å²) < 4.78 is 18.0. The average Bonchev–Trinajstić information content (AvgIpc) is 2.71. The Morgan fingerprint density at radius 3 is 2.83 bits per heavy atom. The summed E-state index contributed by atoms with van der Waals surface area (Å²) >= 11 is 0. The highest BCUT2D eigenvalue weighted by atomic mass is 19.1. The highest BCUT2D eigenvalue weighted by Crippen LogP contribution is 2.23. The van der Waals surface area contributed by atoms with E-state index in [4.69, 9.17) is 4.74 Å². The number of rotatable bonds is 1. The summed E-state index contributed by atoms with van der Waals surface area (Å²) in [7, 11) is 0. The van der Waals surface area contributed by atoms with Crippen LogP contribution in [0.3, 0.4) is 0 Å². The SMILES string of the molecule is O=C(Oc1ccc(F)cc1)N1C[C@@H]2CN[C@@H](C2)C1. The Morgan fingerprint density at radius 1 is 1.33 bits per heavy atom. The molecule has 1 amide bonds. The van der Waals surface area contributed by atoms with Crippen molar-refractivity contribution < 1.29 is 13.9 Å². The van der Waals surface area contributed by atoms with Gasteiger partial charge in [-0.05, 0) is 36.6 Å². The van der Waals surface area contributed by atoms with E-state index in [-0.39, 0.29) is 11.9 Å². The summed E-state index contributed by atoms with van der Waals surface area (Å²) in [6.45, 7) is 2.41. The minimum atomic E-state index is -0.347. The van der Waals surface area contributed by atoms with E-state index in [9.17, 15) is 9.18 Å². The Labute approximate surface area is 105 Å². The van der Waals surface area contributed by atoms with Crippen LogP contribution in [0.1, 0.15) is 6.42 Å². The van der Waals surface area contributed by atoms with E-state index in [1.165, 1.54) is 24.3 Å². The summed E-state index contributed by atoms with van der Waals surface area (Å²) in [5.41, 5.74) is 0. The average molecular weight is 250 g/mol. The van der Waals surface area contributed by atoms with Crippen LogP contribution in [0.25, 0.3) is 0 Å². The standard InChI is InChI=1S/C13H15FN2O2/c14-10-1-3-12(4-2-10)18-13(17)16-7-9-5-11(8-16)15-6-9/h1-4,9,11,15H,5-8H2/t9-,11-/m0/s1. The number of hydrogen-bond acceptors (Lipinski definition) is 3. The van der Waals surface area contributed by atoms with E-state index in [0.29, 0.717) is 24.3 Å². The molecule has 2 fully saturated rings. The van der Waals surface area contributed by atoms with Gasteiger partial charge in [-0.3, -0.25) is 0 Å². The summed E-state index contributed by atoms with van der Waals surface area (Å²) in [5.74, 6) is 0.576. The van der Waals surface area contributed by atoms with E-state index < -0.39 is 0 Å². The minimum Gasteiger partial charge on any atom is -0.410 e. The molecule has 0 aromatic heterocycles. The molecule has 5 heteroatoms. The first-order valence-electron chi connectivity index (χ1n) is 6.16. The van der Waals surface area contributed by atoms with Crippen molar-refractivity contribution in [1.29, 1.82) is 0 Å². The zero-order chi connectivity index (χ0) is 12.5. The van der Waals surface area contributed by atoms with Crippen molar-refractivity contribution in [2.75, 3.05) is 19.6 Å². The molecule has 0 radical (unpaired) electrons. The van der Waals surface area contributed by atoms with Crippen LogP contribution >= 0.6 is 0 Å². The monoisotopic (exact) mass is 250 g/mol. The van der Waals surface area contributed by atoms with E-state index in [1.807, 2.05) is 0 Å². The zero-order valence-corrected chi connectivity index (χ0v) is 9.93. The van der Waals surface area contributed by atoms with Crippen LogP contribution in [0.2, 0.25) is 0 Å². The van der Waals surface area contributed by atoms with Crippen LogP contribution in [0.5, 0.6) is 5.75 Å². The Kier molecular flexibility index (Phi) is 2.91. The molecule has 1 aromatic rings. The fraction of sp³-hybridized carbons (Fsp3) is 0.462. The van der Waals surface area contributed by atoms with E-state index >= 15 is 0 Å². The Balaban J connectivity index is 1.63. The smallest absolute Gasteiger partial charge is 0.410 e. The molecule has 2 heterocycles. The van der Waals surface area contributed by atoms with Crippen molar-refractivity contribution in [3.8, 4) is 5.75 Å². The van der Waals surface area contributed by atoms with E-state index in [1.54, 1.807) is 4.90 Å². The molecule has 2 bridgehead atoms. The molecule has 2 aliphatic rings. The summed E-state index contributed by atoms with van der Waals surface area (Å²) in [6, 6.07) is 5.88. The van der Waals surface area contributed by atoms with E-state index in [0.717, 1.165) is 19.5 Å². The fourth-order valence-electron chi connectivity index (χ4n) is 2.65. The molecule has 18 heavy (non-hydrogen) atoms. The summed E-state index contributed by atoms with van der Waals surface area (Å²) in [5, 5.41) is 3.38. The number of piperidine rings is 1. The first-order valence-corrected chi connectivity index (χ1v) is 6.16. The second-order valence-corrected chi connectivity index (χ2v) is 4.93. The quantitative estimate of drug-likeness (QED) is 0.823. The molecule has 2 saturated heterocycles. The van der Waals surface area contributed by atoms with Crippen LogP contribution < -0.4 is 10.1 Å². The number of hydrogen-bond donors (Lipinski definition) is 1. The van der Waals surface area contributed by atoms with Gasteiger partial charge in [-0.15, -0.1) is 0 Å². The Hall–Kier alpha value is -1.62. The van der Waals surface area contributed by atoms with Crippen molar-refractivity contribution in [3.05, 3.63) is 30.1 Å². The molecule has 4 nitrogen and oxygen atoms in total. The van der Waals surface area contributed by atoms with Crippen LogP contribution in [-0.4, -0.2) is 36.7 Å². The van der Waals surface area contributed by atoms with Gasteiger partial charge in [0, 0.05) is 25.7 Å². The molecule has 96 valence electrons. The lowest BCUT2D eigenvalue weighted by Gasteiger charge is -2.30. The highest BCUT2D eigenvalue weighted by molar-refractivity contribution is 5.71. The lowest BCUT2D eigenvalue weighted by Crippen LogP contribution is -2.45. The van der Waals surface area contributed by atoms with Gasteiger partial charge >= 0.3 is 6.09 Å². The zero-order valence-electron chi connectivity index (χ0n) is 9.93. The van der Waals surface area contributed by atoms with E-state index in [2.05, 4.69) is 5.32 Å². The largest absolute Gasteiger partial charge is 0.415 e. The minimum absolute atomic E-state index is 0.338. The van der Waals surface area contributed by atoms with Gasteiger partial charge in [0.1, 0.15) is 11.6 Å². The number of amides is 1. The predicted molar refractivity (Wildman–Crippen MR) is 63.9 cm³/mol. The molecule has 0 unspecified atom stereocenters. The first-order chi connectivity index (χ1) is 8.70. The Morgan fingerprint density at radius 2 is 2.11 bits per heavy atom. The number of likely N-dealkylation sites (tertiary alicyclic amines) is 1. The number of fused-ring (bicyclic) bond motifs is 2. The van der Waals surface area contributed by atoms with Crippen LogP contribution in [0, 0.1) is 11.7 Å². The van der Waals surface area contributed by atoms with Crippen LogP contribution in [0.4, 0.5) is 9.18 Å². The maximum atomic E-state index is 12.7. The molecule has 2 aliphatic heterocycles. The van der Waals surface area contributed by atoms with Gasteiger partial charge < -0.3 is 15.0 Å². The van der Waals surface area contributed by atoms with Crippen LogP contribution in [0.15, 0.2) is 24.3 Å². The molecule has 1 N–H and O–H groups in total. The third-order valence-corrected chi connectivity index (χ3v) is 3.51. The van der Waals surface area contributed by atoms with Crippen molar-refractivity contribution in [2.24, 2.45) is 5.92 Å². The molecule has 0 spiro atoms. The topological polar surface area (TPSA) is 41.6 Å². The summed E-state index contributed by atoms with van der Waals surface area (Å²) in [4.78, 5) is 13.7. The third-order valence-electron chi connectivity index (χ3n) is 3.51. The van der Waals surface area contributed by atoms with Gasteiger partial charge in [0.2, 0.25) is 0 Å². The number of ether oxygens (including phenoxy) is 1. The number of nitrogens with one attached hydrogen (secondary N) is 1. The molecule has 0 saturated carbocycles.